The van der Waals surface area contributed by atoms with E-state index < -0.39 is 12.0 Å². The molecule has 1 aliphatic rings. The number of rotatable bonds is 1. The van der Waals surface area contributed by atoms with Crippen molar-refractivity contribution in [2.75, 3.05) is 0 Å². The summed E-state index contributed by atoms with van der Waals surface area (Å²) in [6.45, 7) is 0. The lowest BCUT2D eigenvalue weighted by Gasteiger charge is -1.99. The van der Waals surface area contributed by atoms with E-state index in [0.29, 0.717) is 17.1 Å². The molecule has 2 aromatic rings. The third-order valence-electron chi connectivity index (χ3n) is 2.20. The molecule has 9 heteroatoms. The molecule has 0 radical (unpaired) electrons. The lowest BCUT2D eigenvalue weighted by atomic mass is 10.2. The minimum absolute atomic E-state index is 0.0503. The predicted octanol–water partition coefficient (Wildman–Crippen LogP) is 2.82. The molecule has 0 saturated carbocycles. The number of halogens is 3. The number of aromatic amines is 1. The molecule has 0 amide bonds. The molecular formula is C9H4F3N3O2S. The Hall–Kier alpha value is -1.90. The van der Waals surface area contributed by atoms with Crippen molar-refractivity contribution in [2.45, 2.75) is 6.18 Å². The van der Waals surface area contributed by atoms with Crippen LogP contribution < -0.4 is 8.37 Å². The standard InChI is InChI=1S/C9H4F3N3O2S/c10-9(11,12)8-13-7(14-15-8)4-1-2-5-6(3-4)17-18-16-5/h1-3H,(H,13,14,15). The lowest BCUT2D eigenvalue weighted by Crippen LogP contribution is -2.07. The van der Waals surface area contributed by atoms with Gasteiger partial charge in [0.15, 0.2) is 17.3 Å². The summed E-state index contributed by atoms with van der Waals surface area (Å²) in [5, 5.41) is 5.37. The van der Waals surface area contributed by atoms with Gasteiger partial charge in [0.2, 0.25) is 5.82 Å². The summed E-state index contributed by atoms with van der Waals surface area (Å²) in [6, 6.07) is 4.64. The zero-order valence-corrected chi connectivity index (χ0v) is 9.30. The van der Waals surface area contributed by atoms with Crippen LogP contribution >= 0.6 is 12.3 Å². The zero-order chi connectivity index (χ0) is 12.8. The average molecular weight is 275 g/mol. The predicted molar refractivity (Wildman–Crippen MR) is 55.7 cm³/mol. The highest BCUT2D eigenvalue weighted by Crippen LogP contribution is 2.40. The van der Waals surface area contributed by atoms with Gasteiger partial charge in [0.25, 0.3) is 12.3 Å². The monoisotopic (exact) mass is 275 g/mol. The van der Waals surface area contributed by atoms with E-state index >= 15 is 0 Å². The van der Waals surface area contributed by atoms with Crippen LogP contribution in [-0.2, 0) is 6.18 Å². The highest BCUT2D eigenvalue weighted by atomic mass is 32.2. The molecule has 0 spiro atoms. The molecule has 0 aliphatic carbocycles. The van der Waals surface area contributed by atoms with E-state index in [2.05, 4.69) is 10.1 Å². The fourth-order valence-corrected chi connectivity index (χ4v) is 1.84. The molecule has 5 nitrogen and oxygen atoms in total. The summed E-state index contributed by atoms with van der Waals surface area (Å²) in [7, 11) is 0. The van der Waals surface area contributed by atoms with Gasteiger partial charge in [0, 0.05) is 5.56 Å². The second-order valence-corrected chi connectivity index (χ2v) is 3.87. The van der Waals surface area contributed by atoms with E-state index in [1.54, 1.807) is 12.1 Å². The molecule has 1 aromatic heterocycles. The Morgan fingerprint density at radius 3 is 2.67 bits per heavy atom. The van der Waals surface area contributed by atoms with Gasteiger partial charge in [-0.15, -0.1) is 0 Å². The van der Waals surface area contributed by atoms with Crippen LogP contribution in [0.15, 0.2) is 18.2 Å². The first-order chi connectivity index (χ1) is 8.54. The maximum Gasteiger partial charge on any atom is 0.451 e. The van der Waals surface area contributed by atoms with Gasteiger partial charge in [-0.3, -0.25) is 5.10 Å². The molecule has 1 N–H and O–H groups in total. The molecular weight excluding hydrogens is 271 g/mol. The average Bonchev–Trinajstić information content (AvgIpc) is 2.96. The highest BCUT2D eigenvalue weighted by molar-refractivity contribution is 7.90. The van der Waals surface area contributed by atoms with E-state index in [-0.39, 0.29) is 5.82 Å². The van der Waals surface area contributed by atoms with Gasteiger partial charge < -0.3 is 8.37 Å². The quantitative estimate of drug-likeness (QED) is 0.811. The Balaban J connectivity index is 1.98. The van der Waals surface area contributed by atoms with Crippen LogP contribution in [0.3, 0.4) is 0 Å². The van der Waals surface area contributed by atoms with Gasteiger partial charge in [0.05, 0.1) is 0 Å². The zero-order valence-electron chi connectivity index (χ0n) is 8.49. The molecule has 1 aromatic carbocycles. The van der Waals surface area contributed by atoms with Crippen LogP contribution in [-0.4, -0.2) is 15.2 Å². The Morgan fingerprint density at radius 1 is 1.17 bits per heavy atom. The van der Waals surface area contributed by atoms with Crippen molar-refractivity contribution < 1.29 is 21.5 Å². The van der Waals surface area contributed by atoms with Crippen LogP contribution in [0.1, 0.15) is 5.82 Å². The Bertz CT molecular complexity index is 599. The first-order valence-electron chi connectivity index (χ1n) is 4.69. The molecule has 0 fully saturated rings. The molecule has 1 aliphatic heterocycles. The Labute approximate surface area is 103 Å². The number of aromatic nitrogens is 3. The topological polar surface area (TPSA) is 60.0 Å². The molecule has 18 heavy (non-hydrogen) atoms. The second kappa shape index (κ2) is 3.80. The normalized spacial score (nSPS) is 13.9. The summed E-state index contributed by atoms with van der Waals surface area (Å²) in [6.07, 6.45) is -4.54. The number of fused-ring (bicyclic) bond motifs is 1. The molecule has 94 valence electrons. The highest BCUT2D eigenvalue weighted by Gasteiger charge is 2.35. The van der Waals surface area contributed by atoms with Crippen molar-refractivity contribution in [1.82, 2.24) is 15.2 Å². The maximum atomic E-state index is 12.4. The van der Waals surface area contributed by atoms with Crippen LogP contribution in [0.5, 0.6) is 11.5 Å². The first-order valence-corrected chi connectivity index (χ1v) is 5.36. The summed E-state index contributed by atoms with van der Waals surface area (Å²) >= 11 is 0.788. The smallest absolute Gasteiger partial charge is 0.387 e. The molecule has 0 saturated heterocycles. The van der Waals surface area contributed by atoms with Crippen molar-refractivity contribution in [2.24, 2.45) is 0 Å². The summed E-state index contributed by atoms with van der Waals surface area (Å²) in [4.78, 5) is 3.38. The fourth-order valence-electron chi connectivity index (χ4n) is 1.39. The molecule has 0 atom stereocenters. The van der Waals surface area contributed by atoms with E-state index in [1.807, 2.05) is 5.10 Å². The number of benzene rings is 1. The number of alkyl halides is 3. The van der Waals surface area contributed by atoms with Crippen LogP contribution in [0.4, 0.5) is 13.2 Å². The molecule has 2 heterocycles. The lowest BCUT2D eigenvalue weighted by molar-refractivity contribution is -0.144. The van der Waals surface area contributed by atoms with Crippen LogP contribution in [0, 0.1) is 0 Å². The molecule has 3 rings (SSSR count). The maximum absolute atomic E-state index is 12.4. The van der Waals surface area contributed by atoms with Gasteiger partial charge in [-0.25, -0.2) is 4.98 Å². The van der Waals surface area contributed by atoms with E-state index in [9.17, 15) is 13.2 Å². The van der Waals surface area contributed by atoms with E-state index in [0.717, 1.165) is 12.3 Å². The van der Waals surface area contributed by atoms with Gasteiger partial charge in [-0.1, -0.05) is 0 Å². The number of nitrogens with zero attached hydrogens (tertiary/aromatic N) is 2. The van der Waals surface area contributed by atoms with E-state index in [4.69, 9.17) is 8.37 Å². The SMILES string of the molecule is FC(F)(F)c1nc(-c2ccc3c(c2)OSO3)n[nH]1. The van der Waals surface area contributed by atoms with Crippen molar-refractivity contribution in [3.8, 4) is 22.9 Å². The van der Waals surface area contributed by atoms with Gasteiger partial charge in [0.1, 0.15) is 0 Å². The fraction of sp³-hybridized carbons (Fsp3) is 0.111. The minimum atomic E-state index is -4.54. The summed E-state index contributed by atoms with van der Waals surface area (Å²) in [5.74, 6) is -0.249. The summed E-state index contributed by atoms with van der Waals surface area (Å²) < 4.78 is 47.1. The Morgan fingerprint density at radius 2 is 1.94 bits per heavy atom. The van der Waals surface area contributed by atoms with Crippen molar-refractivity contribution in [3.63, 3.8) is 0 Å². The van der Waals surface area contributed by atoms with Gasteiger partial charge >= 0.3 is 6.18 Å². The second-order valence-electron chi connectivity index (χ2n) is 3.40. The van der Waals surface area contributed by atoms with Gasteiger partial charge in [-0.05, 0) is 18.2 Å². The molecule has 0 unspecified atom stereocenters. The molecule has 0 bridgehead atoms. The number of hydrogen-bond donors (Lipinski definition) is 1. The summed E-state index contributed by atoms with van der Waals surface area (Å²) in [5.41, 5.74) is 0.409. The number of H-pyrrole nitrogens is 1. The van der Waals surface area contributed by atoms with Gasteiger partial charge in [-0.2, -0.15) is 18.3 Å². The van der Waals surface area contributed by atoms with Crippen LogP contribution in [0.25, 0.3) is 11.4 Å². The third-order valence-corrected chi connectivity index (χ3v) is 2.70. The third kappa shape index (κ3) is 1.86. The van der Waals surface area contributed by atoms with Crippen molar-refractivity contribution in [3.05, 3.63) is 24.0 Å². The first kappa shape index (κ1) is 11.2. The minimum Gasteiger partial charge on any atom is -0.387 e. The van der Waals surface area contributed by atoms with Crippen molar-refractivity contribution in [1.29, 1.82) is 0 Å². The Kier molecular flexibility index (Phi) is 2.37. The number of hydrogen-bond acceptors (Lipinski definition) is 5. The van der Waals surface area contributed by atoms with Crippen LogP contribution in [0.2, 0.25) is 0 Å². The van der Waals surface area contributed by atoms with E-state index in [1.165, 1.54) is 6.07 Å². The largest absolute Gasteiger partial charge is 0.451 e. The van der Waals surface area contributed by atoms with Crippen molar-refractivity contribution >= 4 is 12.3 Å². The number of nitrogens with one attached hydrogen (secondary N) is 1.